The van der Waals surface area contributed by atoms with Gasteiger partial charge in [0.05, 0.1) is 11.5 Å². The van der Waals surface area contributed by atoms with E-state index in [-0.39, 0.29) is 5.92 Å². The third kappa shape index (κ3) is 1.89. The molecule has 0 aliphatic heterocycles. The molecule has 0 spiro atoms. The number of aliphatic hydroxyl groups is 1. The van der Waals surface area contributed by atoms with E-state index >= 15 is 0 Å². The highest BCUT2D eigenvalue weighted by Crippen LogP contribution is 2.52. The number of rotatable bonds is 5. The van der Waals surface area contributed by atoms with Gasteiger partial charge in [0.25, 0.3) is 0 Å². The van der Waals surface area contributed by atoms with Crippen LogP contribution in [0.2, 0.25) is 0 Å². The zero-order valence-electron chi connectivity index (χ0n) is 11.5. The van der Waals surface area contributed by atoms with Crippen molar-refractivity contribution in [1.29, 1.82) is 0 Å². The molecule has 2 N–H and O–H groups in total. The number of carbonyl (C=O) groups is 1. The van der Waals surface area contributed by atoms with Gasteiger partial charge in [-0.15, -0.1) is 0 Å². The SMILES string of the molecule is CCC(C1CC2C=CC1C2)C(C)(C(=O)O)C(C)O. The molecule has 0 saturated heterocycles. The highest BCUT2D eigenvalue weighted by atomic mass is 16.4. The van der Waals surface area contributed by atoms with E-state index in [0.29, 0.717) is 17.8 Å². The Kier molecular flexibility index (Phi) is 3.54. The molecule has 102 valence electrons. The Morgan fingerprint density at radius 2 is 2.11 bits per heavy atom. The molecule has 0 amide bonds. The molecule has 1 fully saturated rings. The normalized spacial score (nSPS) is 36.3. The third-order valence-corrected chi connectivity index (χ3v) is 5.39. The van der Waals surface area contributed by atoms with Gasteiger partial charge >= 0.3 is 5.97 Å². The Hall–Kier alpha value is -0.830. The molecule has 0 heterocycles. The van der Waals surface area contributed by atoms with Crippen molar-refractivity contribution in [3.8, 4) is 0 Å². The first kappa shape index (κ1) is 13.6. The van der Waals surface area contributed by atoms with Crippen LogP contribution in [0.5, 0.6) is 0 Å². The van der Waals surface area contributed by atoms with Gasteiger partial charge in [-0.3, -0.25) is 4.79 Å². The maximum absolute atomic E-state index is 11.6. The van der Waals surface area contributed by atoms with Gasteiger partial charge in [-0.1, -0.05) is 25.5 Å². The standard InChI is InChI=1S/C15H24O3/c1-4-13(15(3,9(2)16)14(17)18)12-8-10-5-6-11(12)7-10/h5-6,9-13,16H,4,7-8H2,1-3H3,(H,17,18). The number of aliphatic hydroxyl groups excluding tert-OH is 1. The molecular formula is C15H24O3. The van der Waals surface area contributed by atoms with Gasteiger partial charge in [0.15, 0.2) is 0 Å². The lowest BCUT2D eigenvalue weighted by molar-refractivity contribution is -0.162. The van der Waals surface area contributed by atoms with Gasteiger partial charge < -0.3 is 10.2 Å². The maximum atomic E-state index is 11.6. The number of allylic oxidation sites excluding steroid dienone is 2. The summed E-state index contributed by atoms with van der Waals surface area (Å²) in [5.41, 5.74) is -1.03. The predicted octanol–water partition coefficient (Wildman–Crippen LogP) is 2.70. The summed E-state index contributed by atoms with van der Waals surface area (Å²) in [6.45, 7) is 5.37. The van der Waals surface area contributed by atoms with Crippen LogP contribution >= 0.6 is 0 Å². The van der Waals surface area contributed by atoms with Gasteiger partial charge in [-0.05, 0) is 50.4 Å². The first-order valence-electron chi connectivity index (χ1n) is 7.01. The smallest absolute Gasteiger partial charge is 0.312 e. The van der Waals surface area contributed by atoms with E-state index in [0.717, 1.165) is 12.8 Å². The van der Waals surface area contributed by atoms with E-state index in [1.54, 1.807) is 13.8 Å². The topological polar surface area (TPSA) is 57.5 Å². The Labute approximate surface area is 109 Å². The summed E-state index contributed by atoms with van der Waals surface area (Å²) in [6.07, 6.45) is 6.80. The fourth-order valence-electron chi connectivity index (χ4n) is 4.10. The molecule has 0 radical (unpaired) electrons. The second kappa shape index (κ2) is 4.69. The Bertz CT molecular complexity index is 361. The van der Waals surface area contributed by atoms with E-state index in [1.807, 2.05) is 6.92 Å². The number of hydrogen-bond acceptors (Lipinski definition) is 2. The van der Waals surface area contributed by atoms with Crippen molar-refractivity contribution < 1.29 is 15.0 Å². The molecule has 6 atom stereocenters. The second-order valence-electron chi connectivity index (χ2n) is 6.22. The van der Waals surface area contributed by atoms with Crippen molar-refractivity contribution in [3.63, 3.8) is 0 Å². The summed E-state index contributed by atoms with van der Waals surface area (Å²) >= 11 is 0. The van der Waals surface area contributed by atoms with E-state index < -0.39 is 17.5 Å². The van der Waals surface area contributed by atoms with Crippen molar-refractivity contribution in [1.82, 2.24) is 0 Å². The maximum Gasteiger partial charge on any atom is 0.312 e. The molecule has 6 unspecified atom stereocenters. The van der Waals surface area contributed by atoms with Crippen LogP contribution in [0.25, 0.3) is 0 Å². The van der Waals surface area contributed by atoms with Crippen LogP contribution < -0.4 is 0 Å². The molecule has 0 aromatic carbocycles. The molecule has 2 aliphatic carbocycles. The number of fused-ring (bicyclic) bond motifs is 2. The zero-order valence-corrected chi connectivity index (χ0v) is 11.5. The van der Waals surface area contributed by atoms with E-state index in [1.165, 1.54) is 6.42 Å². The van der Waals surface area contributed by atoms with Crippen LogP contribution in [0.3, 0.4) is 0 Å². The third-order valence-electron chi connectivity index (χ3n) is 5.39. The van der Waals surface area contributed by atoms with Crippen LogP contribution in [0.1, 0.15) is 40.0 Å². The average Bonchev–Trinajstić information content (AvgIpc) is 2.91. The van der Waals surface area contributed by atoms with Crippen molar-refractivity contribution >= 4 is 5.97 Å². The van der Waals surface area contributed by atoms with Gasteiger partial charge in [0, 0.05) is 0 Å². The summed E-state index contributed by atoms with van der Waals surface area (Å²) in [5.74, 6) is 0.769. The Morgan fingerprint density at radius 3 is 2.44 bits per heavy atom. The van der Waals surface area contributed by atoms with Crippen LogP contribution in [-0.2, 0) is 4.79 Å². The summed E-state index contributed by atoms with van der Waals surface area (Å²) in [4.78, 5) is 11.6. The van der Waals surface area contributed by atoms with Crippen molar-refractivity contribution in [2.24, 2.45) is 29.1 Å². The molecular weight excluding hydrogens is 228 g/mol. The van der Waals surface area contributed by atoms with Crippen molar-refractivity contribution in [2.45, 2.75) is 46.1 Å². The lowest BCUT2D eigenvalue weighted by Gasteiger charge is -2.41. The predicted molar refractivity (Wildman–Crippen MR) is 70.0 cm³/mol. The minimum atomic E-state index is -1.03. The van der Waals surface area contributed by atoms with Crippen molar-refractivity contribution in [3.05, 3.63) is 12.2 Å². The lowest BCUT2D eigenvalue weighted by Crippen LogP contribution is -2.48. The Morgan fingerprint density at radius 1 is 1.44 bits per heavy atom. The van der Waals surface area contributed by atoms with E-state index in [9.17, 15) is 15.0 Å². The molecule has 0 aromatic heterocycles. The first-order chi connectivity index (χ1) is 8.41. The van der Waals surface area contributed by atoms with Crippen LogP contribution in [0, 0.1) is 29.1 Å². The van der Waals surface area contributed by atoms with E-state index in [2.05, 4.69) is 12.2 Å². The van der Waals surface area contributed by atoms with Gasteiger partial charge in [0.2, 0.25) is 0 Å². The highest BCUT2D eigenvalue weighted by molar-refractivity contribution is 5.75. The summed E-state index contributed by atoms with van der Waals surface area (Å²) in [5, 5.41) is 19.5. The number of carboxylic acids is 1. The summed E-state index contributed by atoms with van der Waals surface area (Å²) in [7, 11) is 0. The molecule has 2 rings (SSSR count). The number of carboxylic acid groups (broad SMARTS) is 1. The molecule has 1 saturated carbocycles. The fraction of sp³-hybridized carbons (Fsp3) is 0.800. The van der Waals surface area contributed by atoms with Crippen LogP contribution in [-0.4, -0.2) is 22.3 Å². The molecule has 2 bridgehead atoms. The highest BCUT2D eigenvalue weighted by Gasteiger charge is 2.52. The van der Waals surface area contributed by atoms with Gasteiger partial charge in [-0.25, -0.2) is 0 Å². The molecule has 2 aliphatic rings. The fourth-order valence-corrected chi connectivity index (χ4v) is 4.10. The Balaban J connectivity index is 2.27. The van der Waals surface area contributed by atoms with Crippen molar-refractivity contribution in [2.75, 3.05) is 0 Å². The molecule has 0 aromatic rings. The molecule has 3 heteroatoms. The average molecular weight is 252 g/mol. The molecule has 18 heavy (non-hydrogen) atoms. The van der Waals surface area contributed by atoms with Gasteiger partial charge in [0.1, 0.15) is 0 Å². The monoisotopic (exact) mass is 252 g/mol. The van der Waals surface area contributed by atoms with Gasteiger partial charge in [-0.2, -0.15) is 0 Å². The molecule has 3 nitrogen and oxygen atoms in total. The van der Waals surface area contributed by atoms with E-state index in [4.69, 9.17) is 0 Å². The summed E-state index contributed by atoms with van der Waals surface area (Å²) in [6, 6.07) is 0. The summed E-state index contributed by atoms with van der Waals surface area (Å²) < 4.78 is 0. The van der Waals surface area contributed by atoms with Crippen LogP contribution in [0.4, 0.5) is 0 Å². The second-order valence-corrected chi connectivity index (χ2v) is 6.22. The minimum absolute atomic E-state index is 0.0509. The minimum Gasteiger partial charge on any atom is -0.481 e. The number of hydrogen-bond donors (Lipinski definition) is 2. The number of aliphatic carboxylic acids is 1. The first-order valence-corrected chi connectivity index (χ1v) is 7.01. The largest absolute Gasteiger partial charge is 0.481 e. The van der Waals surface area contributed by atoms with Crippen LogP contribution in [0.15, 0.2) is 12.2 Å². The zero-order chi connectivity index (χ0) is 13.5. The lowest BCUT2D eigenvalue weighted by atomic mass is 9.63. The quantitative estimate of drug-likeness (QED) is 0.740.